The van der Waals surface area contributed by atoms with Gasteiger partial charge in [0.15, 0.2) is 5.13 Å². The Bertz CT molecular complexity index is 692. The van der Waals surface area contributed by atoms with Gasteiger partial charge in [0.05, 0.1) is 28.6 Å². The summed E-state index contributed by atoms with van der Waals surface area (Å²) in [5.74, 6) is 1.33. The number of nitriles is 1. The van der Waals surface area contributed by atoms with Crippen LogP contribution in [0, 0.1) is 17.2 Å². The van der Waals surface area contributed by atoms with Crippen molar-refractivity contribution in [2.24, 2.45) is 5.92 Å². The predicted octanol–water partition coefficient (Wildman–Crippen LogP) is 4.20. The van der Waals surface area contributed by atoms with Crippen molar-refractivity contribution in [2.75, 3.05) is 19.0 Å². The van der Waals surface area contributed by atoms with E-state index in [0.717, 1.165) is 39.7 Å². The van der Waals surface area contributed by atoms with Crippen LogP contribution in [0.5, 0.6) is 5.75 Å². The molecule has 0 spiro atoms. The number of hydrogen-bond acceptors (Lipinski definition) is 5. The number of methoxy groups -OCH3 is 1. The summed E-state index contributed by atoms with van der Waals surface area (Å²) < 4.78 is 6.20. The van der Waals surface area contributed by atoms with Gasteiger partial charge in [0.25, 0.3) is 0 Å². The van der Waals surface area contributed by atoms with Crippen LogP contribution in [0.1, 0.15) is 23.6 Å². The average molecular weight is 378 g/mol. The molecular formula is C16H16BrN3OS. The van der Waals surface area contributed by atoms with E-state index in [1.807, 2.05) is 12.1 Å². The van der Waals surface area contributed by atoms with Crippen LogP contribution in [0.15, 0.2) is 28.1 Å². The average Bonchev–Trinajstić information content (AvgIpc) is 3.24. The van der Waals surface area contributed by atoms with Crippen molar-refractivity contribution in [3.63, 3.8) is 0 Å². The van der Waals surface area contributed by atoms with Gasteiger partial charge in [0.2, 0.25) is 0 Å². The second-order valence-corrected chi connectivity index (χ2v) is 7.60. The molecule has 6 heteroatoms. The summed E-state index contributed by atoms with van der Waals surface area (Å²) in [7, 11) is 1.67. The van der Waals surface area contributed by atoms with Gasteiger partial charge >= 0.3 is 0 Å². The summed E-state index contributed by atoms with van der Waals surface area (Å²) in [6.45, 7) is 0.831. The maximum Gasteiger partial charge on any atom is 0.184 e. The Morgan fingerprint density at radius 2 is 2.23 bits per heavy atom. The van der Waals surface area contributed by atoms with E-state index in [4.69, 9.17) is 10.00 Å². The van der Waals surface area contributed by atoms with Gasteiger partial charge in [-0.3, -0.25) is 0 Å². The molecule has 2 unspecified atom stereocenters. The monoisotopic (exact) mass is 377 g/mol. The van der Waals surface area contributed by atoms with Gasteiger partial charge in [-0.2, -0.15) is 5.26 Å². The molecule has 1 aromatic carbocycles. The van der Waals surface area contributed by atoms with Crippen LogP contribution in [-0.4, -0.2) is 18.6 Å². The van der Waals surface area contributed by atoms with Crippen LogP contribution in [-0.2, 0) is 6.42 Å². The van der Waals surface area contributed by atoms with Crippen molar-refractivity contribution in [2.45, 2.75) is 18.8 Å². The Hall–Kier alpha value is -1.58. The fraction of sp³-hybridized carbons (Fsp3) is 0.375. The minimum absolute atomic E-state index is 0.144. The van der Waals surface area contributed by atoms with Crippen molar-refractivity contribution < 1.29 is 4.74 Å². The molecule has 1 saturated carbocycles. The lowest BCUT2D eigenvalue weighted by Crippen LogP contribution is -2.04. The summed E-state index contributed by atoms with van der Waals surface area (Å²) in [5, 5.41) is 13.2. The second-order valence-electron chi connectivity index (χ2n) is 5.28. The molecule has 0 bridgehead atoms. The van der Waals surface area contributed by atoms with Crippen LogP contribution in [0.3, 0.4) is 0 Å². The van der Waals surface area contributed by atoms with Gasteiger partial charge in [-0.1, -0.05) is 23.5 Å². The Kier molecular flexibility index (Phi) is 4.65. The zero-order valence-electron chi connectivity index (χ0n) is 12.2. The normalized spacial score (nSPS) is 19.5. The van der Waals surface area contributed by atoms with Crippen molar-refractivity contribution in [1.29, 1.82) is 5.26 Å². The molecule has 1 aliphatic rings. The summed E-state index contributed by atoms with van der Waals surface area (Å²) in [6, 6.07) is 10.4. The third kappa shape index (κ3) is 3.42. The lowest BCUT2D eigenvalue weighted by Gasteiger charge is -2.04. The summed E-state index contributed by atoms with van der Waals surface area (Å²) in [5.41, 5.74) is 2.29. The fourth-order valence-corrected chi connectivity index (χ4v) is 4.00. The van der Waals surface area contributed by atoms with Crippen molar-refractivity contribution in [3.8, 4) is 11.8 Å². The Labute approximate surface area is 142 Å². The third-order valence-corrected chi connectivity index (χ3v) is 5.48. The number of halogens is 1. The summed E-state index contributed by atoms with van der Waals surface area (Å²) in [6.07, 6.45) is 1.87. The van der Waals surface area contributed by atoms with Crippen LogP contribution in [0.2, 0.25) is 0 Å². The van der Waals surface area contributed by atoms with Crippen LogP contribution in [0.25, 0.3) is 0 Å². The van der Waals surface area contributed by atoms with Gasteiger partial charge in [0.1, 0.15) is 5.75 Å². The molecule has 114 valence electrons. The molecule has 0 aliphatic heterocycles. The number of rotatable bonds is 6. The number of hydrogen-bond donors (Lipinski definition) is 1. The van der Waals surface area contributed by atoms with Gasteiger partial charge < -0.3 is 10.1 Å². The van der Waals surface area contributed by atoms with E-state index >= 15 is 0 Å². The molecule has 22 heavy (non-hydrogen) atoms. The highest BCUT2D eigenvalue weighted by atomic mass is 79.9. The molecular weight excluding hydrogens is 362 g/mol. The van der Waals surface area contributed by atoms with E-state index < -0.39 is 0 Å². The van der Waals surface area contributed by atoms with Crippen LogP contribution in [0.4, 0.5) is 5.13 Å². The first kappa shape index (κ1) is 15.3. The van der Waals surface area contributed by atoms with E-state index in [0.29, 0.717) is 5.92 Å². The summed E-state index contributed by atoms with van der Waals surface area (Å²) in [4.78, 5) is 4.62. The summed E-state index contributed by atoms with van der Waals surface area (Å²) >= 11 is 5.16. The smallest absolute Gasteiger partial charge is 0.184 e. The van der Waals surface area contributed by atoms with E-state index in [1.54, 1.807) is 18.4 Å². The molecule has 2 aromatic rings. The van der Waals surface area contributed by atoms with Gasteiger partial charge in [0, 0.05) is 12.5 Å². The van der Waals surface area contributed by atoms with Gasteiger partial charge in [-0.05, 0) is 46.5 Å². The lowest BCUT2D eigenvalue weighted by molar-refractivity contribution is 0.414. The second kappa shape index (κ2) is 6.67. The predicted molar refractivity (Wildman–Crippen MR) is 91.5 cm³/mol. The molecule has 1 fully saturated rings. The van der Waals surface area contributed by atoms with Crippen molar-refractivity contribution >= 4 is 32.4 Å². The lowest BCUT2D eigenvalue weighted by atomic mass is 10.1. The number of benzene rings is 1. The van der Waals surface area contributed by atoms with Gasteiger partial charge in [-0.25, -0.2) is 4.98 Å². The minimum atomic E-state index is 0.144. The first-order valence-electron chi connectivity index (χ1n) is 7.14. The fourth-order valence-electron chi connectivity index (χ4n) is 2.36. The number of nitrogens with zero attached hydrogens (tertiary/aromatic N) is 2. The molecule has 1 N–H and O–H groups in total. The number of anilines is 1. The van der Waals surface area contributed by atoms with E-state index in [1.165, 1.54) is 5.56 Å². The van der Waals surface area contributed by atoms with Crippen molar-refractivity contribution in [1.82, 2.24) is 4.98 Å². The molecule has 4 nitrogen and oxygen atoms in total. The number of aromatic nitrogens is 1. The SMILES string of the molecule is COc1ccc(CCNc2nc(C3CC3C#N)c(Br)s2)cc1. The first-order chi connectivity index (χ1) is 10.7. The molecule has 2 atom stereocenters. The molecule has 0 amide bonds. The topological polar surface area (TPSA) is 57.9 Å². The van der Waals surface area contributed by atoms with Crippen molar-refractivity contribution in [3.05, 3.63) is 39.3 Å². The van der Waals surface area contributed by atoms with E-state index in [9.17, 15) is 0 Å². The highest BCUT2D eigenvalue weighted by molar-refractivity contribution is 9.11. The molecule has 0 radical (unpaired) electrons. The maximum atomic E-state index is 8.93. The standard InChI is InChI=1S/C16H16BrN3OS/c1-21-12-4-2-10(3-5-12)6-7-19-16-20-14(15(17)22-16)13-8-11(13)9-18/h2-5,11,13H,6-8H2,1H3,(H,19,20). The molecule has 1 heterocycles. The number of thiazole rings is 1. The van der Waals surface area contributed by atoms with E-state index in [2.05, 4.69) is 44.4 Å². The van der Waals surface area contributed by atoms with Gasteiger partial charge in [-0.15, -0.1) is 0 Å². The highest BCUT2D eigenvalue weighted by Crippen LogP contribution is 2.50. The molecule has 1 aromatic heterocycles. The number of ether oxygens (including phenoxy) is 1. The van der Waals surface area contributed by atoms with Crippen LogP contribution >= 0.6 is 27.3 Å². The Morgan fingerprint density at radius 3 is 2.86 bits per heavy atom. The quantitative estimate of drug-likeness (QED) is 0.819. The zero-order valence-corrected chi connectivity index (χ0v) is 14.6. The molecule has 3 rings (SSSR count). The zero-order chi connectivity index (χ0) is 15.5. The first-order valence-corrected chi connectivity index (χ1v) is 8.75. The largest absolute Gasteiger partial charge is 0.497 e. The van der Waals surface area contributed by atoms with E-state index in [-0.39, 0.29) is 5.92 Å². The van der Waals surface area contributed by atoms with Crippen LogP contribution < -0.4 is 10.1 Å². The third-order valence-electron chi connectivity index (χ3n) is 3.77. The Morgan fingerprint density at radius 1 is 1.45 bits per heavy atom. The molecule has 1 aliphatic carbocycles. The molecule has 0 saturated heterocycles. The maximum absolute atomic E-state index is 8.93. The number of nitrogens with one attached hydrogen (secondary N) is 1. The minimum Gasteiger partial charge on any atom is -0.497 e. The Balaban J connectivity index is 1.53. The highest BCUT2D eigenvalue weighted by Gasteiger charge is 2.41.